The van der Waals surface area contributed by atoms with E-state index in [1.165, 1.54) is 18.3 Å². The van der Waals surface area contributed by atoms with Gasteiger partial charge in [0.15, 0.2) is 11.5 Å². The van der Waals surface area contributed by atoms with Crippen LogP contribution in [0.15, 0.2) is 41.6 Å². The van der Waals surface area contributed by atoms with Crippen LogP contribution in [0, 0.1) is 20.2 Å². The van der Waals surface area contributed by atoms with E-state index in [0.29, 0.717) is 12.2 Å². The van der Waals surface area contributed by atoms with Gasteiger partial charge in [-0.3, -0.25) is 20.2 Å². The second-order valence-electron chi connectivity index (χ2n) is 4.65. The van der Waals surface area contributed by atoms with Crippen molar-refractivity contribution in [2.45, 2.75) is 6.92 Å². The zero-order chi connectivity index (χ0) is 18.4. The van der Waals surface area contributed by atoms with Crippen molar-refractivity contribution in [3.05, 3.63) is 62.2 Å². The quantitative estimate of drug-likeness (QED) is 0.350. The van der Waals surface area contributed by atoms with Crippen LogP contribution in [0.5, 0.6) is 17.2 Å². The first-order valence-corrected chi connectivity index (χ1v) is 7.01. The minimum absolute atomic E-state index is 0.167. The molecule has 0 saturated carbocycles. The highest BCUT2D eigenvalue weighted by molar-refractivity contribution is 5.80. The minimum Gasteiger partial charge on any atom is -0.490 e. The Balaban J connectivity index is 2.44. The molecule has 0 unspecified atom stereocenters. The van der Waals surface area contributed by atoms with E-state index in [2.05, 4.69) is 5.16 Å². The Morgan fingerprint density at radius 2 is 1.80 bits per heavy atom. The Morgan fingerprint density at radius 3 is 2.40 bits per heavy atom. The SMILES string of the molecule is CCOc1cc(/C=N\O)ccc1Oc1ccc([N+](=O)[O-])cc1[N+](=O)[O-]. The Labute approximate surface area is 141 Å². The fourth-order valence-corrected chi connectivity index (χ4v) is 1.99. The Morgan fingerprint density at radius 1 is 1.08 bits per heavy atom. The van der Waals surface area contributed by atoms with E-state index >= 15 is 0 Å². The third-order valence-corrected chi connectivity index (χ3v) is 3.04. The number of nitrogens with zero attached hydrogens (tertiary/aromatic N) is 3. The van der Waals surface area contributed by atoms with Gasteiger partial charge in [0, 0.05) is 11.6 Å². The normalized spacial score (nSPS) is 10.6. The maximum Gasteiger partial charge on any atom is 0.318 e. The van der Waals surface area contributed by atoms with Crippen molar-refractivity contribution < 1.29 is 24.5 Å². The van der Waals surface area contributed by atoms with Gasteiger partial charge in [-0.25, -0.2) is 0 Å². The summed E-state index contributed by atoms with van der Waals surface area (Å²) in [5.74, 6) is 0.279. The number of hydrogen-bond acceptors (Lipinski definition) is 8. The predicted octanol–water partition coefficient (Wildman–Crippen LogP) is 3.50. The van der Waals surface area contributed by atoms with Crippen LogP contribution in [0.2, 0.25) is 0 Å². The maximum atomic E-state index is 11.2. The van der Waals surface area contributed by atoms with Gasteiger partial charge in [-0.05, 0) is 31.2 Å². The van der Waals surface area contributed by atoms with Gasteiger partial charge in [0.2, 0.25) is 5.75 Å². The largest absolute Gasteiger partial charge is 0.490 e. The molecule has 2 aromatic rings. The highest BCUT2D eigenvalue weighted by Gasteiger charge is 2.22. The summed E-state index contributed by atoms with van der Waals surface area (Å²) in [5.41, 5.74) is -0.437. The van der Waals surface area contributed by atoms with Crippen LogP contribution >= 0.6 is 0 Å². The zero-order valence-corrected chi connectivity index (χ0v) is 13.0. The smallest absolute Gasteiger partial charge is 0.318 e. The summed E-state index contributed by atoms with van der Waals surface area (Å²) in [5, 5.41) is 33.4. The highest BCUT2D eigenvalue weighted by atomic mass is 16.6. The second-order valence-corrected chi connectivity index (χ2v) is 4.65. The van der Waals surface area contributed by atoms with Crippen molar-refractivity contribution in [2.75, 3.05) is 6.61 Å². The molecule has 0 radical (unpaired) electrons. The van der Waals surface area contributed by atoms with Crippen LogP contribution in [-0.2, 0) is 0 Å². The first kappa shape index (κ1) is 17.7. The van der Waals surface area contributed by atoms with E-state index in [-0.39, 0.29) is 17.2 Å². The van der Waals surface area contributed by atoms with E-state index in [4.69, 9.17) is 14.7 Å². The molecule has 0 spiro atoms. The molecule has 0 amide bonds. The summed E-state index contributed by atoms with van der Waals surface area (Å²) >= 11 is 0. The lowest BCUT2D eigenvalue weighted by molar-refractivity contribution is -0.394. The van der Waals surface area contributed by atoms with E-state index < -0.39 is 21.2 Å². The first-order valence-electron chi connectivity index (χ1n) is 7.01. The van der Waals surface area contributed by atoms with Crippen molar-refractivity contribution in [3.63, 3.8) is 0 Å². The maximum absolute atomic E-state index is 11.2. The fourth-order valence-electron chi connectivity index (χ4n) is 1.99. The van der Waals surface area contributed by atoms with Crippen LogP contribution in [0.3, 0.4) is 0 Å². The molecule has 0 aliphatic carbocycles. The number of non-ortho nitro benzene ring substituents is 1. The van der Waals surface area contributed by atoms with Gasteiger partial charge in [-0.2, -0.15) is 0 Å². The first-order chi connectivity index (χ1) is 12.0. The van der Waals surface area contributed by atoms with Crippen molar-refractivity contribution in [3.8, 4) is 17.2 Å². The van der Waals surface area contributed by atoms with Gasteiger partial charge in [0.1, 0.15) is 0 Å². The summed E-state index contributed by atoms with van der Waals surface area (Å²) in [4.78, 5) is 20.4. The van der Waals surface area contributed by atoms with Crippen LogP contribution < -0.4 is 9.47 Å². The highest BCUT2D eigenvalue weighted by Crippen LogP contribution is 2.38. The molecule has 0 bridgehead atoms. The average Bonchev–Trinajstić information content (AvgIpc) is 2.57. The van der Waals surface area contributed by atoms with Gasteiger partial charge < -0.3 is 14.7 Å². The molecule has 25 heavy (non-hydrogen) atoms. The van der Waals surface area contributed by atoms with E-state index in [1.807, 2.05) is 0 Å². The predicted molar refractivity (Wildman–Crippen MR) is 86.8 cm³/mol. The summed E-state index contributed by atoms with van der Waals surface area (Å²) in [6.07, 6.45) is 1.18. The van der Waals surface area contributed by atoms with E-state index in [0.717, 1.165) is 18.2 Å². The summed E-state index contributed by atoms with van der Waals surface area (Å²) in [6.45, 7) is 2.04. The van der Waals surface area contributed by atoms with Crippen LogP contribution in [0.25, 0.3) is 0 Å². The molecule has 0 atom stereocenters. The average molecular weight is 347 g/mol. The van der Waals surface area contributed by atoms with Crippen LogP contribution in [0.4, 0.5) is 11.4 Å². The number of hydrogen-bond donors (Lipinski definition) is 1. The molecular weight excluding hydrogens is 334 g/mol. The Hall–Kier alpha value is -3.69. The van der Waals surface area contributed by atoms with Crippen molar-refractivity contribution in [1.82, 2.24) is 0 Å². The van der Waals surface area contributed by atoms with Crippen molar-refractivity contribution >= 4 is 17.6 Å². The molecule has 0 aromatic heterocycles. The molecule has 0 fully saturated rings. The van der Waals surface area contributed by atoms with Gasteiger partial charge in [0.25, 0.3) is 5.69 Å². The molecule has 2 aromatic carbocycles. The number of nitro groups is 2. The lowest BCUT2D eigenvalue weighted by atomic mass is 10.2. The lowest BCUT2D eigenvalue weighted by Gasteiger charge is -2.12. The fraction of sp³-hybridized carbons (Fsp3) is 0.133. The second kappa shape index (κ2) is 7.73. The molecule has 10 nitrogen and oxygen atoms in total. The molecule has 0 aliphatic heterocycles. The molecular formula is C15H13N3O7. The van der Waals surface area contributed by atoms with Crippen molar-refractivity contribution in [1.29, 1.82) is 0 Å². The third kappa shape index (κ3) is 4.19. The summed E-state index contributed by atoms with van der Waals surface area (Å²) in [7, 11) is 0. The molecule has 0 saturated heterocycles. The Kier molecular flexibility index (Phi) is 5.46. The van der Waals surface area contributed by atoms with Gasteiger partial charge in [-0.15, -0.1) is 0 Å². The lowest BCUT2D eigenvalue weighted by Crippen LogP contribution is -1.99. The van der Waals surface area contributed by atoms with Crippen LogP contribution in [0.1, 0.15) is 12.5 Å². The van der Waals surface area contributed by atoms with Gasteiger partial charge >= 0.3 is 5.69 Å². The standard InChI is InChI=1S/C15H13N3O7/c1-2-24-15-7-10(9-16-19)3-5-14(15)25-13-6-4-11(17(20)21)8-12(13)18(22)23/h3-9,19H,2H2,1H3/b16-9-. The number of benzene rings is 2. The minimum atomic E-state index is -0.768. The number of rotatable bonds is 7. The third-order valence-electron chi connectivity index (χ3n) is 3.04. The summed E-state index contributed by atoms with van der Waals surface area (Å²) < 4.78 is 10.9. The van der Waals surface area contributed by atoms with Crippen LogP contribution in [-0.4, -0.2) is 27.9 Å². The number of ether oxygens (including phenoxy) is 2. The molecule has 0 aliphatic rings. The molecule has 10 heteroatoms. The topological polar surface area (TPSA) is 137 Å². The zero-order valence-electron chi connectivity index (χ0n) is 13.0. The summed E-state index contributed by atoms with van der Waals surface area (Å²) in [6, 6.07) is 7.63. The Bertz CT molecular complexity index is 836. The molecule has 130 valence electrons. The van der Waals surface area contributed by atoms with Gasteiger partial charge in [-0.1, -0.05) is 5.16 Å². The van der Waals surface area contributed by atoms with E-state index in [1.54, 1.807) is 13.0 Å². The molecule has 2 rings (SSSR count). The van der Waals surface area contributed by atoms with Gasteiger partial charge in [0.05, 0.1) is 28.7 Å². The van der Waals surface area contributed by atoms with Crippen molar-refractivity contribution in [2.24, 2.45) is 5.16 Å². The molecule has 0 heterocycles. The number of nitro benzene ring substituents is 2. The van der Waals surface area contributed by atoms with E-state index in [9.17, 15) is 20.2 Å². The monoisotopic (exact) mass is 347 g/mol. The molecule has 1 N–H and O–H groups in total. The number of oxime groups is 1.